The molecule has 1 aromatic rings. The Morgan fingerprint density at radius 1 is 1.27 bits per heavy atom. The fourth-order valence-corrected chi connectivity index (χ4v) is 1.90. The molecule has 6 nitrogen and oxygen atoms in total. The Bertz CT molecular complexity index is 562. The summed E-state index contributed by atoms with van der Waals surface area (Å²) in [5.41, 5.74) is 0.555. The number of rotatable bonds is 6. The van der Waals surface area contributed by atoms with Crippen LogP contribution in [0.2, 0.25) is 0 Å². The molecule has 22 heavy (non-hydrogen) atoms. The van der Waals surface area contributed by atoms with Crippen molar-refractivity contribution in [3.63, 3.8) is 0 Å². The second kappa shape index (κ2) is 8.11. The first-order valence-electron chi connectivity index (χ1n) is 6.73. The summed E-state index contributed by atoms with van der Waals surface area (Å²) in [6.45, 7) is 2.74. The van der Waals surface area contributed by atoms with Crippen molar-refractivity contribution in [2.24, 2.45) is 0 Å². The molecule has 2 atom stereocenters. The number of carbonyl (C=O) groups excluding carboxylic acids is 3. The second-order valence-corrected chi connectivity index (χ2v) is 4.84. The van der Waals surface area contributed by atoms with Gasteiger partial charge in [-0.25, -0.2) is 9.18 Å². The van der Waals surface area contributed by atoms with Crippen LogP contribution in [0.25, 0.3) is 0 Å². The molecule has 1 rings (SSSR count). The molecule has 0 radical (unpaired) electrons. The number of amides is 2. The minimum absolute atomic E-state index is 0.108. The highest BCUT2D eigenvalue weighted by atomic mass is 19.1. The molecule has 120 valence electrons. The lowest BCUT2D eigenvalue weighted by atomic mass is 10.0. The number of esters is 1. The first-order valence-corrected chi connectivity index (χ1v) is 6.73. The third kappa shape index (κ3) is 5.51. The van der Waals surface area contributed by atoms with Crippen LogP contribution < -0.4 is 10.6 Å². The molecular formula is C15H19FN2O4. The number of hydrogen-bond donors (Lipinski definition) is 2. The SMILES string of the molecule is COC(=O)[C@@H](C)NC(=O)[C@@H](Cc1cccc(F)c1)NC(C)=O. The van der Waals surface area contributed by atoms with Gasteiger partial charge < -0.3 is 15.4 Å². The second-order valence-electron chi connectivity index (χ2n) is 4.84. The van der Waals surface area contributed by atoms with E-state index < -0.39 is 35.7 Å². The zero-order valence-electron chi connectivity index (χ0n) is 12.7. The molecule has 7 heteroatoms. The standard InChI is InChI=1S/C15H19FN2O4/c1-9(15(21)22-3)17-14(20)13(18-10(2)19)8-11-5-4-6-12(16)7-11/h4-7,9,13H,8H2,1-3H3,(H,17,20)(H,18,19)/t9-,13-/m1/s1. The molecule has 2 N–H and O–H groups in total. The summed E-state index contributed by atoms with van der Waals surface area (Å²) in [4.78, 5) is 34.7. The van der Waals surface area contributed by atoms with Crippen LogP contribution in [0.3, 0.4) is 0 Å². The van der Waals surface area contributed by atoms with E-state index in [1.807, 2.05) is 0 Å². The van der Waals surface area contributed by atoms with E-state index in [0.29, 0.717) is 5.56 Å². The topological polar surface area (TPSA) is 84.5 Å². The molecule has 0 aliphatic rings. The molecule has 0 aliphatic carbocycles. The van der Waals surface area contributed by atoms with E-state index in [1.54, 1.807) is 6.07 Å². The molecule has 0 aliphatic heterocycles. The van der Waals surface area contributed by atoms with Crippen LogP contribution in [-0.4, -0.2) is 37.0 Å². The summed E-state index contributed by atoms with van der Waals surface area (Å²) in [5.74, 6) is -1.97. The fraction of sp³-hybridized carbons (Fsp3) is 0.400. The van der Waals surface area contributed by atoms with Crippen molar-refractivity contribution < 1.29 is 23.5 Å². The Labute approximate surface area is 128 Å². The lowest BCUT2D eigenvalue weighted by Gasteiger charge is -2.20. The van der Waals surface area contributed by atoms with Crippen LogP contribution in [-0.2, 0) is 25.5 Å². The smallest absolute Gasteiger partial charge is 0.328 e. The number of carbonyl (C=O) groups is 3. The molecule has 1 aromatic carbocycles. The zero-order valence-corrected chi connectivity index (χ0v) is 12.7. The first-order chi connectivity index (χ1) is 10.3. The molecule has 0 aromatic heterocycles. The van der Waals surface area contributed by atoms with E-state index >= 15 is 0 Å². The van der Waals surface area contributed by atoms with Gasteiger partial charge in [-0.1, -0.05) is 12.1 Å². The molecule has 0 unspecified atom stereocenters. The summed E-state index contributed by atoms with van der Waals surface area (Å²) in [6, 6.07) is 3.98. The van der Waals surface area contributed by atoms with Crippen molar-refractivity contribution in [2.75, 3.05) is 7.11 Å². The Hall–Kier alpha value is -2.44. The van der Waals surface area contributed by atoms with Gasteiger partial charge in [-0.3, -0.25) is 9.59 Å². The summed E-state index contributed by atoms with van der Waals surface area (Å²) in [7, 11) is 1.21. The highest BCUT2D eigenvalue weighted by Gasteiger charge is 2.24. The number of halogens is 1. The Morgan fingerprint density at radius 2 is 1.95 bits per heavy atom. The van der Waals surface area contributed by atoms with Gasteiger partial charge in [0.2, 0.25) is 11.8 Å². The fourth-order valence-electron chi connectivity index (χ4n) is 1.90. The third-order valence-corrected chi connectivity index (χ3v) is 2.94. The van der Waals surface area contributed by atoms with Crippen molar-refractivity contribution in [3.8, 4) is 0 Å². The van der Waals surface area contributed by atoms with E-state index in [0.717, 1.165) is 0 Å². The largest absolute Gasteiger partial charge is 0.467 e. The van der Waals surface area contributed by atoms with E-state index in [9.17, 15) is 18.8 Å². The Morgan fingerprint density at radius 3 is 2.50 bits per heavy atom. The van der Waals surface area contributed by atoms with E-state index in [1.165, 1.54) is 39.2 Å². The molecule has 0 saturated heterocycles. The predicted octanol–water partition coefficient (Wildman–Crippen LogP) is 0.551. The monoisotopic (exact) mass is 310 g/mol. The number of nitrogens with one attached hydrogen (secondary N) is 2. The van der Waals surface area contributed by atoms with E-state index in [2.05, 4.69) is 15.4 Å². The van der Waals surface area contributed by atoms with Crippen molar-refractivity contribution in [1.82, 2.24) is 10.6 Å². The maximum Gasteiger partial charge on any atom is 0.328 e. The number of hydrogen-bond acceptors (Lipinski definition) is 4. The van der Waals surface area contributed by atoms with Crippen LogP contribution in [0, 0.1) is 5.82 Å². The normalized spacial score (nSPS) is 12.9. The average Bonchev–Trinajstić information content (AvgIpc) is 2.45. The zero-order chi connectivity index (χ0) is 16.7. The molecule has 0 bridgehead atoms. The van der Waals surface area contributed by atoms with Gasteiger partial charge in [-0.15, -0.1) is 0 Å². The van der Waals surface area contributed by atoms with Gasteiger partial charge in [0.25, 0.3) is 0 Å². The number of methoxy groups -OCH3 is 1. The average molecular weight is 310 g/mol. The van der Waals surface area contributed by atoms with E-state index in [4.69, 9.17) is 0 Å². The summed E-state index contributed by atoms with van der Waals surface area (Å²) in [5, 5.41) is 4.93. The van der Waals surface area contributed by atoms with Gasteiger partial charge in [0.05, 0.1) is 7.11 Å². The van der Waals surface area contributed by atoms with Crippen LogP contribution in [0.5, 0.6) is 0 Å². The number of benzene rings is 1. The van der Waals surface area contributed by atoms with Crippen LogP contribution in [0.4, 0.5) is 4.39 Å². The predicted molar refractivity (Wildman–Crippen MR) is 77.3 cm³/mol. The van der Waals surface area contributed by atoms with Crippen molar-refractivity contribution in [3.05, 3.63) is 35.6 Å². The van der Waals surface area contributed by atoms with Gasteiger partial charge in [0.1, 0.15) is 17.9 Å². The van der Waals surface area contributed by atoms with Gasteiger partial charge in [0.15, 0.2) is 0 Å². The van der Waals surface area contributed by atoms with Gasteiger partial charge >= 0.3 is 5.97 Å². The van der Waals surface area contributed by atoms with Crippen LogP contribution in [0.15, 0.2) is 24.3 Å². The molecule has 2 amide bonds. The first kappa shape index (κ1) is 17.6. The Kier molecular flexibility index (Phi) is 6.49. The van der Waals surface area contributed by atoms with Crippen LogP contribution in [0.1, 0.15) is 19.4 Å². The Balaban J connectivity index is 2.81. The third-order valence-electron chi connectivity index (χ3n) is 2.94. The molecule has 0 saturated carbocycles. The number of ether oxygens (including phenoxy) is 1. The highest BCUT2D eigenvalue weighted by molar-refractivity contribution is 5.90. The summed E-state index contributed by atoms with van der Waals surface area (Å²) in [6.07, 6.45) is 0.108. The molecular weight excluding hydrogens is 291 g/mol. The van der Waals surface area contributed by atoms with E-state index in [-0.39, 0.29) is 6.42 Å². The van der Waals surface area contributed by atoms with Crippen molar-refractivity contribution >= 4 is 17.8 Å². The quantitative estimate of drug-likeness (QED) is 0.752. The highest BCUT2D eigenvalue weighted by Crippen LogP contribution is 2.07. The lowest BCUT2D eigenvalue weighted by Crippen LogP contribution is -2.51. The minimum atomic E-state index is -0.911. The molecule has 0 fully saturated rings. The van der Waals surface area contributed by atoms with Gasteiger partial charge in [0, 0.05) is 13.3 Å². The van der Waals surface area contributed by atoms with Gasteiger partial charge in [-0.05, 0) is 24.6 Å². The van der Waals surface area contributed by atoms with Crippen molar-refractivity contribution in [1.29, 1.82) is 0 Å². The molecule has 0 heterocycles. The van der Waals surface area contributed by atoms with Crippen LogP contribution >= 0.6 is 0 Å². The molecule has 0 spiro atoms. The maximum atomic E-state index is 13.2. The lowest BCUT2D eigenvalue weighted by molar-refractivity contribution is -0.144. The maximum absolute atomic E-state index is 13.2. The van der Waals surface area contributed by atoms with Crippen molar-refractivity contribution in [2.45, 2.75) is 32.4 Å². The summed E-state index contributed by atoms with van der Waals surface area (Å²) < 4.78 is 17.7. The minimum Gasteiger partial charge on any atom is -0.467 e. The van der Waals surface area contributed by atoms with Gasteiger partial charge in [-0.2, -0.15) is 0 Å². The summed E-state index contributed by atoms with van der Waals surface area (Å²) >= 11 is 0.